The van der Waals surface area contributed by atoms with Gasteiger partial charge in [0.2, 0.25) is 0 Å². The van der Waals surface area contributed by atoms with Gasteiger partial charge in [0.15, 0.2) is 0 Å². The SMILES string of the molecule is CC(C)(C)CCN1CCN(CCC[N+](C)(C)C)CC1. The average molecular weight is 270 g/mol. The number of piperazine rings is 1. The summed E-state index contributed by atoms with van der Waals surface area (Å²) >= 11 is 0. The number of hydrogen-bond donors (Lipinski definition) is 0. The van der Waals surface area contributed by atoms with Gasteiger partial charge in [0.25, 0.3) is 0 Å². The molecule has 0 unspecified atom stereocenters. The van der Waals surface area contributed by atoms with E-state index in [0.717, 1.165) is 4.48 Å². The molecule has 3 nitrogen and oxygen atoms in total. The Bertz CT molecular complexity index is 242. The van der Waals surface area contributed by atoms with Crippen LogP contribution in [0, 0.1) is 5.41 Å². The summed E-state index contributed by atoms with van der Waals surface area (Å²) in [5.41, 5.74) is 0.474. The minimum atomic E-state index is 0.474. The van der Waals surface area contributed by atoms with Crippen LogP contribution in [0.25, 0.3) is 0 Å². The minimum Gasteiger partial charge on any atom is -0.331 e. The van der Waals surface area contributed by atoms with E-state index in [1.54, 1.807) is 0 Å². The molecule has 0 N–H and O–H groups in total. The molecule has 0 amide bonds. The summed E-state index contributed by atoms with van der Waals surface area (Å²) in [6, 6.07) is 0. The molecule has 0 saturated carbocycles. The molecule has 1 aliphatic rings. The van der Waals surface area contributed by atoms with Gasteiger partial charge in [-0.05, 0) is 18.4 Å². The van der Waals surface area contributed by atoms with Crippen molar-refractivity contribution >= 4 is 0 Å². The van der Waals surface area contributed by atoms with Crippen LogP contribution in [0.2, 0.25) is 0 Å². The lowest BCUT2D eigenvalue weighted by atomic mass is 9.92. The van der Waals surface area contributed by atoms with E-state index < -0.39 is 0 Å². The zero-order valence-electron chi connectivity index (χ0n) is 14.2. The maximum atomic E-state index is 2.64. The van der Waals surface area contributed by atoms with Crippen molar-refractivity contribution in [1.29, 1.82) is 0 Å². The van der Waals surface area contributed by atoms with E-state index in [2.05, 4.69) is 51.7 Å². The van der Waals surface area contributed by atoms with Crippen LogP contribution in [-0.4, -0.2) is 81.2 Å². The zero-order valence-corrected chi connectivity index (χ0v) is 14.2. The molecule has 0 aromatic carbocycles. The lowest BCUT2D eigenvalue weighted by Crippen LogP contribution is -2.48. The Labute approximate surface area is 121 Å². The molecule has 3 heteroatoms. The summed E-state index contributed by atoms with van der Waals surface area (Å²) in [7, 11) is 6.85. The summed E-state index contributed by atoms with van der Waals surface area (Å²) in [5.74, 6) is 0. The highest BCUT2D eigenvalue weighted by atomic mass is 15.3. The summed E-state index contributed by atoms with van der Waals surface area (Å²) in [6.45, 7) is 15.9. The molecule has 0 aliphatic carbocycles. The standard InChI is InChI=1S/C16H36N3/c1-16(2,3)8-10-18-13-11-17(12-14-18)9-7-15-19(4,5)6/h7-15H2,1-6H3/q+1. The Kier molecular flexibility index (Phi) is 6.28. The van der Waals surface area contributed by atoms with E-state index in [4.69, 9.17) is 0 Å². The third-order valence-electron chi connectivity index (χ3n) is 3.95. The number of rotatable bonds is 6. The first-order valence-corrected chi connectivity index (χ1v) is 7.91. The lowest BCUT2D eigenvalue weighted by molar-refractivity contribution is -0.870. The average Bonchev–Trinajstić information content (AvgIpc) is 2.25. The Balaban J connectivity index is 2.12. The first kappa shape index (κ1) is 16.9. The van der Waals surface area contributed by atoms with E-state index in [1.165, 1.54) is 58.7 Å². The number of quaternary nitrogens is 1. The van der Waals surface area contributed by atoms with Crippen molar-refractivity contribution in [3.8, 4) is 0 Å². The quantitative estimate of drug-likeness (QED) is 0.682. The van der Waals surface area contributed by atoms with Crippen LogP contribution in [0.15, 0.2) is 0 Å². The van der Waals surface area contributed by atoms with Gasteiger partial charge in [0.1, 0.15) is 0 Å². The van der Waals surface area contributed by atoms with Crippen molar-refractivity contribution in [1.82, 2.24) is 9.80 Å². The maximum absolute atomic E-state index is 2.64. The third kappa shape index (κ3) is 8.61. The zero-order chi connectivity index (χ0) is 14.5. The van der Waals surface area contributed by atoms with Gasteiger partial charge in [-0.1, -0.05) is 20.8 Å². The molecule has 0 spiro atoms. The molecule has 1 rings (SSSR count). The molecule has 1 saturated heterocycles. The first-order chi connectivity index (χ1) is 8.66. The van der Waals surface area contributed by atoms with Gasteiger partial charge in [-0.15, -0.1) is 0 Å². The maximum Gasteiger partial charge on any atom is 0.0792 e. The third-order valence-corrected chi connectivity index (χ3v) is 3.95. The Morgan fingerprint density at radius 3 is 1.74 bits per heavy atom. The smallest absolute Gasteiger partial charge is 0.0792 e. The van der Waals surface area contributed by atoms with E-state index in [0.29, 0.717) is 5.41 Å². The molecule has 1 fully saturated rings. The summed E-state index contributed by atoms with van der Waals surface area (Å²) < 4.78 is 1.09. The van der Waals surface area contributed by atoms with Crippen LogP contribution in [0.1, 0.15) is 33.6 Å². The van der Waals surface area contributed by atoms with Crippen molar-refractivity contribution < 1.29 is 4.48 Å². The first-order valence-electron chi connectivity index (χ1n) is 7.91. The highest BCUT2D eigenvalue weighted by Crippen LogP contribution is 2.19. The van der Waals surface area contributed by atoms with Crippen LogP contribution in [-0.2, 0) is 0 Å². The largest absolute Gasteiger partial charge is 0.331 e. The van der Waals surface area contributed by atoms with E-state index in [1.807, 2.05) is 0 Å². The fourth-order valence-corrected chi connectivity index (χ4v) is 2.50. The highest BCUT2D eigenvalue weighted by molar-refractivity contribution is 4.73. The van der Waals surface area contributed by atoms with Crippen LogP contribution in [0.4, 0.5) is 0 Å². The van der Waals surface area contributed by atoms with Crippen molar-refractivity contribution in [3.05, 3.63) is 0 Å². The molecule has 0 radical (unpaired) electrons. The van der Waals surface area contributed by atoms with E-state index in [-0.39, 0.29) is 0 Å². The summed E-state index contributed by atoms with van der Waals surface area (Å²) in [5, 5.41) is 0. The van der Waals surface area contributed by atoms with Crippen molar-refractivity contribution in [2.45, 2.75) is 33.6 Å². The second kappa shape index (κ2) is 7.05. The lowest BCUT2D eigenvalue weighted by Gasteiger charge is -2.36. The molecular formula is C16H36N3+. The van der Waals surface area contributed by atoms with Gasteiger partial charge in [0.05, 0.1) is 27.7 Å². The van der Waals surface area contributed by atoms with E-state index in [9.17, 15) is 0 Å². The fourth-order valence-electron chi connectivity index (χ4n) is 2.50. The minimum absolute atomic E-state index is 0.474. The van der Waals surface area contributed by atoms with Gasteiger partial charge in [0, 0.05) is 39.1 Å². The molecule has 0 aromatic heterocycles. The molecule has 0 aromatic rings. The molecule has 19 heavy (non-hydrogen) atoms. The Morgan fingerprint density at radius 1 is 0.842 bits per heavy atom. The van der Waals surface area contributed by atoms with Gasteiger partial charge < -0.3 is 14.3 Å². The topological polar surface area (TPSA) is 6.48 Å². The number of hydrogen-bond acceptors (Lipinski definition) is 2. The second-order valence-corrected chi connectivity index (χ2v) is 8.36. The molecule has 114 valence electrons. The van der Waals surface area contributed by atoms with E-state index >= 15 is 0 Å². The molecule has 1 aliphatic heterocycles. The monoisotopic (exact) mass is 270 g/mol. The second-order valence-electron chi connectivity index (χ2n) is 8.36. The predicted octanol–water partition coefficient (Wildman–Crippen LogP) is 2.14. The normalized spacial score (nSPS) is 19.9. The van der Waals surface area contributed by atoms with Crippen LogP contribution < -0.4 is 0 Å². The predicted molar refractivity (Wildman–Crippen MR) is 84.5 cm³/mol. The highest BCUT2D eigenvalue weighted by Gasteiger charge is 2.19. The summed E-state index contributed by atoms with van der Waals surface area (Å²) in [6.07, 6.45) is 2.64. The Hall–Kier alpha value is -0.120. The van der Waals surface area contributed by atoms with Crippen LogP contribution in [0.5, 0.6) is 0 Å². The molecule has 0 bridgehead atoms. The molecular weight excluding hydrogens is 234 g/mol. The van der Waals surface area contributed by atoms with Crippen LogP contribution in [0.3, 0.4) is 0 Å². The van der Waals surface area contributed by atoms with Crippen molar-refractivity contribution in [3.63, 3.8) is 0 Å². The molecule has 0 atom stereocenters. The van der Waals surface area contributed by atoms with Gasteiger partial charge in [-0.25, -0.2) is 0 Å². The summed E-state index contributed by atoms with van der Waals surface area (Å²) in [4.78, 5) is 5.28. The number of nitrogens with zero attached hydrogens (tertiary/aromatic N) is 3. The molecule has 1 heterocycles. The van der Waals surface area contributed by atoms with Crippen molar-refractivity contribution in [2.75, 3.05) is 67.0 Å². The van der Waals surface area contributed by atoms with Crippen LogP contribution >= 0.6 is 0 Å². The van der Waals surface area contributed by atoms with Gasteiger partial charge >= 0.3 is 0 Å². The Morgan fingerprint density at radius 2 is 1.32 bits per heavy atom. The van der Waals surface area contributed by atoms with Crippen molar-refractivity contribution in [2.24, 2.45) is 5.41 Å². The van der Waals surface area contributed by atoms with Gasteiger partial charge in [-0.3, -0.25) is 0 Å². The fraction of sp³-hybridized carbons (Fsp3) is 1.00. The van der Waals surface area contributed by atoms with Gasteiger partial charge in [-0.2, -0.15) is 0 Å².